The number of aromatic hydroxyl groups is 1. The third-order valence-electron chi connectivity index (χ3n) is 2.24. The van der Waals surface area contributed by atoms with Crippen LogP contribution in [0.2, 0.25) is 5.02 Å². The highest BCUT2D eigenvalue weighted by Crippen LogP contribution is 2.33. The molecule has 0 spiro atoms. The zero-order valence-corrected chi connectivity index (χ0v) is 10.2. The van der Waals surface area contributed by atoms with Crippen LogP contribution in [0.15, 0.2) is 12.1 Å². The van der Waals surface area contributed by atoms with Crippen LogP contribution < -0.4 is 5.73 Å². The van der Waals surface area contributed by atoms with Crippen LogP contribution in [0.1, 0.15) is 18.5 Å². The maximum atomic E-state index is 13.6. The number of carbonyl (C=O) groups excluding carboxylic acids is 1. The van der Waals surface area contributed by atoms with Gasteiger partial charge < -0.3 is 15.6 Å². The molecule has 2 atom stereocenters. The first kappa shape index (κ1) is 14.7. The zero-order chi connectivity index (χ0) is 13.9. The predicted molar refractivity (Wildman–Crippen MR) is 61.5 cm³/mol. The van der Waals surface area contributed by atoms with Gasteiger partial charge in [0.25, 0.3) is 0 Å². The second kappa shape index (κ2) is 5.97. The number of hydrogen-bond donors (Lipinski definition) is 2. The maximum absolute atomic E-state index is 13.6. The first-order valence-corrected chi connectivity index (χ1v) is 5.50. The van der Waals surface area contributed by atoms with Gasteiger partial charge in [-0.2, -0.15) is 0 Å². The van der Waals surface area contributed by atoms with Crippen molar-refractivity contribution < 1.29 is 23.4 Å². The highest BCUT2D eigenvalue weighted by molar-refractivity contribution is 6.32. The van der Waals surface area contributed by atoms with Gasteiger partial charge in [0.15, 0.2) is 0 Å². The van der Waals surface area contributed by atoms with Crippen LogP contribution in [0, 0.1) is 5.82 Å². The Hall–Kier alpha value is -1.40. The smallest absolute Gasteiger partial charge is 0.342 e. The van der Waals surface area contributed by atoms with Crippen molar-refractivity contribution in [3.05, 3.63) is 28.5 Å². The summed E-state index contributed by atoms with van der Waals surface area (Å²) in [5, 5.41) is 9.25. The van der Waals surface area contributed by atoms with Crippen molar-refractivity contribution in [3.8, 4) is 5.75 Å². The lowest BCUT2D eigenvalue weighted by Gasteiger charge is -2.17. The molecule has 3 N–H and O–H groups in total. The summed E-state index contributed by atoms with van der Waals surface area (Å²) in [6.45, 7) is 1.49. The van der Waals surface area contributed by atoms with E-state index in [1.807, 2.05) is 0 Å². The van der Waals surface area contributed by atoms with E-state index in [1.54, 1.807) is 0 Å². The van der Waals surface area contributed by atoms with Gasteiger partial charge in [-0.05, 0) is 19.1 Å². The average molecular weight is 280 g/mol. The van der Waals surface area contributed by atoms with E-state index in [1.165, 1.54) is 6.92 Å². The molecular formula is C11H12ClF2NO3. The van der Waals surface area contributed by atoms with Gasteiger partial charge in [-0.15, -0.1) is 0 Å². The topological polar surface area (TPSA) is 72.5 Å². The van der Waals surface area contributed by atoms with E-state index in [0.717, 1.165) is 12.1 Å². The first-order valence-electron chi connectivity index (χ1n) is 5.12. The molecule has 100 valence electrons. The van der Waals surface area contributed by atoms with E-state index in [-0.39, 0.29) is 17.2 Å². The van der Waals surface area contributed by atoms with Gasteiger partial charge in [0.2, 0.25) is 6.17 Å². The Labute approximate surface area is 107 Å². The summed E-state index contributed by atoms with van der Waals surface area (Å²) in [5.41, 5.74) is 5.16. The van der Waals surface area contributed by atoms with E-state index in [4.69, 9.17) is 17.3 Å². The number of alkyl halides is 1. The molecule has 1 aromatic rings. The van der Waals surface area contributed by atoms with Crippen LogP contribution in [0.25, 0.3) is 0 Å². The lowest BCUT2D eigenvalue weighted by atomic mass is 10.0. The van der Waals surface area contributed by atoms with Crippen LogP contribution in [-0.4, -0.2) is 23.9 Å². The second-order valence-electron chi connectivity index (χ2n) is 3.51. The molecule has 0 saturated carbocycles. The number of rotatable bonds is 4. The van der Waals surface area contributed by atoms with Crippen molar-refractivity contribution in [2.75, 3.05) is 6.61 Å². The molecule has 0 amide bonds. The number of carbonyl (C=O) groups is 1. The summed E-state index contributed by atoms with van der Waals surface area (Å²) in [6.07, 6.45) is -2.21. The highest BCUT2D eigenvalue weighted by Gasteiger charge is 2.30. The van der Waals surface area contributed by atoms with E-state index >= 15 is 0 Å². The number of nitrogens with two attached hydrogens (primary N) is 1. The Morgan fingerprint density at radius 1 is 1.61 bits per heavy atom. The van der Waals surface area contributed by atoms with Gasteiger partial charge in [-0.25, -0.2) is 13.6 Å². The van der Waals surface area contributed by atoms with E-state index in [0.29, 0.717) is 0 Å². The summed E-state index contributed by atoms with van der Waals surface area (Å²) < 4.78 is 31.2. The molecule has 1 unspecified atom stereocenters. The number of benzene rings is 1. The minimum atomic E-state index is -2.21. The third kappa shape index (κ3) is 3.08. The Bertz CT molecular complexity index is 456. The molecule has 0 bridgehead atoms. The second-order valence-corrected chi connectivity index (χ2v) is 3.91. The first-order chi connectivity index (χ1) is 8.38. The molecule has 0 aromatic heterocycles. The van der Waals surface area contributed by atoms with Crippen molar-refractivity contribution in [1.82, 2.24) is 0 Å². The molecule has 0 radical (unpaired) electrons. The molecule has 7 heteroatoms. The molecule has 0 saturated heterocycles. The molecule has 4 nitrogen and oxygen atoms in total. The number of phenols is 1. The number of ether oxygens (including phenoxy) is 1. The standard InChI is InChI=1S/C11H12ClF2NO3/c1-2-18-11(17)8(14)9(15)6-3-5(13)4-7(12)10(6)16/h3-4,8-9,16H,2,15H2,1H3/t8?,9-/m1/s1. The molecule has 18 heavy (non-hydrogen) atoms. The van der Waals surface area contributed by atoms with Gasteiger partial charge in [0.05, 0.1) is 17.7 Å². The van der Waals surface area contributed by atoms with E-state index in [9.17, 15) is 18.7 Å². The molecule has 0 aliphatic heterocycles. The van der Waals surface area contributed by atoms with Gasteiger partial charge in [0.1, 0.15) is 11.6 Å². The predicted octanol–water partition coefficient (Wildman–Crippen LogP) is 2.09. The fourth-order valence-corrected chi connectivity index (χ4v) is 1.58. The summed E-state index contributed by atoms with van der Waals surface area (Å²) in [4.78, 5) is 11.2. The van der Waals surface area contributed by atoms with Crippen LogP contribution in [0.3, 0.4) is 0 Å². The number of hydrogen-bond acceptors (Lipinski definition) is 4. The highest BCUT2D eigenvalue weighted by atomic mass is 35.5. The fraction of sp³-hybridized carbons (Fsp3) is 0.364. The number of esters is 1. The number of halogens is 3. The quantitative estimate of drug-likeness (QED) is 0.828. The van der Waals surface area contributed by atoms with Gasteiger partial charge in [-0.1, -0.05) is 11.6 Å². The largest absolute Gasteiger partial charge is 0.506 e. The van der Waals surface area contributed by atoms with E-state index < -0.39 is 29.7 Å². The van der Waals surface area contributed by atoms with Gasteiger partial charge in [-0.3, -0.25) is 0 Å². The van der Waals surface area contributed by atoms with Crippen molar-refractivity contribution in [2.45, 2.75) is 19.1 Å². The Balaban J connectivity index is 3.03. The average Bonchev–Trinajstić information content (AvgIpc) is 2.32. The Kier molecular flexibility index (Phi) is 4.86. The maximum Gasteiger partial charge on any atom is 0.342 e. The lowest BCUT2D eigenvalue weighted by Crippen LogP contribution is -2.31. The van der Waals surface area contributed by atoms with Gasteiger partial charge >= 0.3 is 5.97 Å². The van der Waals surface area contributed by atoms with Crippen molar-refractivity contribution in [3.63, 3.8) is 0 Å². The van der Waals surface area contributed by atoms with Crippen LogP contribution in [0.5, 0.6) is 5.75 Å². The molecule has 0 heterocycles. The zero-order valence-electron chi connectivity index (χ0n) is 9.49. The number of phenolic OH excluding ortho intramolecular Hbond substituents is 1. The van der Waals surface area contributed by atoms with Crippen LogP contribution >= 0.6 is 11.6 Å². The van der Waals surface area contributed by atoms with Crippen LogP contribution in [-0.2, 0) is 9.53 Å². The Morgan fingerprint density at radius 2 is 2.22 bits per heavy atom. The molecular weight excluding hydrogens is 268 g/mol. The normalized spacial score (nSPS) is 14.1. The third-order valence-corrected chi connectivity index (χ3v) is 2.53. The molecule has 0 aliphatic carbocycles. The minimum Gasteiger partial charge on any atom is -0.506 e. The van der Waals surface area contributed by atoms with Gasteiger partial charge in [0, 0.05) is 5.56 Å². The monoisotopic (exact) mass is 279 g/mol. The van der Waals surface area contributed by atoms with Crippen molar-refractivity contribution in [2.24, 2.45) is 5.73 Å². The summed E-state index contributed by atoms with van der Waals surface area (Å²) >= 11 is 5.52. The summed E-state index contributed by atoms with van der Waals surface area (Å²) in [5.74, 6) is -2.53. The fourth-order valence-electron chi connectivity index (χ4n) is 1.37. The minimum absolute atomic E-state index is 0.0120. The summed E-state index contributed by atoms with van der Waals surface area (Å²) in [7, 11) is 0. The SMILES string of the molecule is CCOC(=O)C(F)[C@H](N)c1cc(F)cc(Cl)c1O. The molecule has 1 aromatic carbocycles. The van der Waals surface area contributed by atoms with E-state index in [2.05, 4.69) is 4.74 Å². The summed E-state index contributed by atoms with van der Waals surface area (Å²) in [6, 6.07) is 0.111. The van der Waals surface area contributed by atoms with Crippen LogP contribution in [0.4, 0.5) is 8.78 Å². The molecule has 0 fully saturated rings. The lowest BCUT2D eigenvalue weighted by molar-refractivity contribution is -0.149. The Morgan fingerprint density at radius 3 is 2.78 bits per heavy atom. The molecule has 0 aliphatic rings. The molecule has 1 rings (SSSR count). The van der Waals surface area contributed by atoms with Crippen molar-refractivity contribution in [1.29, 1.82) is 0 Å². The van der Waals surface area contributed by atoms with Crippen molar-refractivity contribution >= 4 is 17.6 Å².